The predicted octanol–water partition coefficient (Wildman–Crippen LogP) is 6.94. The summed E-state index contributed by atoms with van der Waals surface area (Å²) in [5.41, 5.74) is 0. The van der Waals surface area contributed by atoms with Crippen molar-refractivity contribution in [1.82, 2.24) is 0 Å². The minimum Gasteiger partial charge on any atom is -0.0683 e. The number of hydrogen-bond acceptors (Lipinski definition) is 0. The lowest BCUT2D eigenvalue weighted by atomic mass is 9.84. The second kappa shape index (κ2) is 11.1. The molecular formula is C17H40. The minimum atomic E-state index is 0. The van der Waals surface area contributed by atoms with Crippen molar-refractivity contribution in [3.05, 3.63) is 0 Å². The van der Waals surface area contributed by atoms with Crippen LogP contribution in [-0.4, -0.2) is 0 Å². The Morgan fingerprint density at radius 2 is 0.824 bits per heavy atom. The van der Waals surface area contributed by atoms with E-state index >= 15 is 0 Å². The molecule has 2 rings (SSSR count). The summed E-state index contributed by atoms with van der Waals surface area (Å²) in [7, 11) is 0. The fourth-order valence-electron chi connectivity index (χ4n) is 2.73. The van der Waals surface area contributed by atoms with Crippen molar-refractivity contribution in [2.75, 3.05) is 0 Å². The first-order valence-corrected chi connectivity index (χ1v) is 8.18. The van der Waals surface area contributed by atoms with E-state index in [1.54, 1.807) is 0 Å². The highest BCUT2D eigenvalue weighted by Crippen LogP contribution is 2.27. The first-order valence-electron chi connectivity index (χ1n) is 8.18. The molecule has 0 bridgehead atoms. The summed E-state index contributed by atoms with van der Waals surface area (Å²) in [5.74, 6) is 3.08. The Morgan fingerprint density at radius 3 is 1.06 bits per heavy atom. The topological polar surface area (TPSA) is 0 Å². The first kappa shape index (κ1) is 17.0. The van der Waals surface area contributed by atoms with Crippen molar-refractivity contribution < 1.29 is 2.85 Å². The summed E-state index contributed by atoms with van der Waals surface area (Å²) in [4.78, 5) is 0. The molecule has 0 aromatic rings. The van der Waals surface area contributed by atoms with Crippen LogP contribution in [0.4, 0.5) is 0 Å². The highest BCUT2D eigenvalue weighted by atomic mass is 14.2. The molecule has 0 heteroatoms. The summed E-state index contributed by atoms with van der Waals surface area (Å²) in [6.45, 7) is 11.1. The second-order valence-electron chi connectivity index (χ2n) is 6.11. The van der Waals surface area contributed by atoms with E-state index in [4.69, 9.17) is 0 Å². The second-order valence-corrected chi connectivity index (χ2v) is 6.11. The van der Waals surface area contributed by atoms with Gasteiger partial charge in [-0.05, 0) is 17.8 Å². The van der Waals surface area contributed by atoms with Gasteiger partial charge in [0.15, 0.2) is 0 Å². The first-order chi connectivity index (χ1) is 8.18. The standard InChI is InChI=1S/C8H16.C7H14.C2H6.2H2/c1-7-3-5-8(2)6-4-7;1-7-5-3-2-4-6-7;1-2;;/h7-8H,3-6H2,1-2H3;7H,2-6H2,1H3;1-2H3;2*1H. The average Bonchev–Trinajstić information content (AvgIpc) is 2.37. The quantitative estimate of drug-likeness (QED) is 0.433. The van der Waals surface area contributed by atoms with Crippen molar-refractivity contribution in [1.29, 1.82) is 0 Å². The van der Waals surface area contributed by atoms with E-state index in [9.17, 15) is 0 Å². The molecule has 2 aliphatic rings. The van der Waals surface area contributed by atoms with E-state index in [2.05, 4.69) is 20.8 Å². The van der Waals surface area contributed by atoms with Crippen LogP contribution in [0.3, 0.4) is 0 Å². The third-order valence-electron chi connectivity index (χ3n) is 4.20. The molecular weight excluding hydrogens is 204 g/mol. The lowest BCUT2D eigenvalue weighted by Crippen LogP contribution is -2.08. The Labute approximate surface area is 114 Å². The van der Waals surface area contributed by atoms with Gasteiger partial charge in [-0.3, -0.25) is 0 Å². The molecule has 108 valence electrons. The molecule has 0 amide bonds. The zero-order chi connectivity index (χ0) is 13.1. The SMILES string of the molecule is CC.CC1CCC(C)CC1.CC1CCCCC1.[HH].[HH]. The summed E-state index contributed by atoms with van der Waals surface area (Å²) < 4.78 is 0. The smallest absolute Gasteiger partial charge is 0 e. The Balaban J connectivity index is -0.000000219. The third kappa shape index (κ3) is 9.68. The monoisotopic (exact) mass is 244 g/mol. The van der Waals surface area contributed by atoms with Gasteiger partial charge in [-0.2, -0.15) is 0 Å². The van der Waals surface area contributed by atoms with E-state index < -0.39 is 0 Å². The molecule has 0 aromatic heterocycles. The largest absolute Gasteiger partial charge is 0.0683 e. The van der Waals surface area contributed by atoms with E-state index in [0.717, 1.165) is 17.8 Å². The fraction of sp³-hybridized carbons (Fsp3) is 1.00. The summed E-state index contributed by atoms with van der Waals surface area (Å²) in [6.07, 6.45) is 13.3. The fourth-order valence-corrected chi connectivity index (χ4v) is 2.73. The lowest BCUT2D eigenvalue weighted by molar-refractivity contribution is 0.308. The van der Waals surface area contributed by atoms with Crippen molar-refractivity contribution in [3.63, 3.8) is 0 Å². The van der Waals surface area contributed by atoms with Crippen LogP contribution < -0.4 is 0 Å². The minimum absolute atomic E-state index is 0. The van der Waals surface area contributed by atoms with Crippen LogP contribution in [-0.2, 0) is 0 Å². The maximum atomic E-state index is 2.37. The van der Waals surface area contributed by atoms with Crippen LogP contribution in [0.15, 0.2) is 0 Å². The van der Waals surface area contributed by atoms with E-state index in [1.165, 1.54) is 57.8 Å². The van der Waals surface area contributed by atoms with Gasteiger partial charge in [-0.1, -0.05) is 92.4 Å². The van der Waals surface area contributed by atoms with Crippen LogP contribution >= 0.6 is 0 Å². The van der Waals surface area contributed by atoms with Gasteiger partial charge in [-0.25, -0.2) is 0 Å². The van der Waals surface area contributed by atoms with Gasteiger partial charge in [0.2, 0.25) is 0 Å². The maximum absolute atomic E-state index is 2.37. The van der Waals surface area contributed by atoms with E-state index in [1.807, 2.05) is 13.8 Å². The van der Waals surface area contributed by atoms with Gasteiger partial charge in [0.25, 0.3) is 0 Å². The zero-order valence-electron chi connectivity index (χ0n) is 13.1. The summed E-state index contributed by atoms with van der Waals surface area (Å²) in [5, 5.41) is 0. The highest BCUT2D eigenvalue weighted by molar-refractivity contribution is 4.65. The predicted molar refractivity (Wildman–Crippen MR) is 84.6 cm³/mol. The normalized spacial score (nSPS) is 29.5. The van der Waals surface area contributed by atoms with Gasteiger partial charge in [0.1, 0.15) is 0 Å². The van der Waals surface area contributed by atoms with E-state index in [-0.39, 0.29) is 2.85 Å². The van der Waals surface area contributed by atoms with Gasteiger partial charge in [0.05, 0.1) is 0 Å². The third-order valence-corrected chi connectivity index (χ3v) is 4.20. The van der Waals surface area contributed by atoms with Gasteiger partial charge in [0, 0.05) is 2.85 Å². The van der Waals surface area contributed by atoms with Crippen LogP contribution in [0.1, 0.15) is 95.3 Å². The zero-order valence-corrected chi connectivity index (χ0v) is 13.1. The Bertz CT molecular complexity index is 135. The molecule has 0 radical (unpaired) electrons. The number of rotatable bonds is 0. The van der Waals surface area contributed by atoms with Crippen LogP contribution in [0.2, 0.25) is 0 Å². The molecule has 0 spiro atoms. The molecule has 0 aliphatic heterocycles. The van der Waals surface area contributed by atoms with Crippen molar-refractivity contribution >= 4 is 0 Å². The van der Waals surface area contributed by atoms with Crippen molar-refractivity contribution in [3.8, 4) is 0 Å². The molecule has 0 N–H and O–H groups in total. The Morgan fingerprint density at radius 1 is 0.529 bits per heavy atom. The molecule has 0 aromatic carbocycles. The van der Waals surface area contributed by atoms with Gasteiger partial charge < -0.3 is 0 Å². The van der Waals surface area contributed by atoms with Crippen LogP contribution in [0.25, 0.3) is 0 Å². The lowest BCUT2D eigenvalue weighted by Gasteiger charge is -2.22. The molecule has 2 saturated carbocycles. The maximum Gasteiger partial charge on any atom is 0 e. The molecule has 0 unspecified atom stereocenters. The average molecular weight is 245 g/mol. The molecule has 0 atom stereocenters. The molecule has 0 heterocycles. The summed E-state index contributed by atoms with van der Waals surface area (Å²) >= 11 is 0. The van der Waals surface area contributed by atoms with Gasteiger partial charge >= 0.3 is 0 Å². The molecule has 2 aliphatic carbocycles. The number of hydrogen-bond donors (Lipinski definition) is 0. The summed E-state index contributed by atoms with van der Waals surface area (Å²) in [6, 6.07) is 0. The van der Waals surface area contributed by atoms with Crippen molar-refractivity contribution in [2.45, 2.75) is 92.4 Å². The van der Waals surface area contributed by atoms with Crippen LogP contribution in [0, 0.1) is 17.8 Å². The van der Waals surface area contributed by atoms with Crippen molar-refractivity contribution in [2.24, 2.45) is 17.8 Å². The van der Waals surface area contributed by atoms with E-state index in [0.29, 0.717) is 0 Å². The van der Waals surface area contributed by atoms with Gasteiger partial charge in [-0.15, -0.1) is 0 Å². The highest BCUT2D eigenvalue weighted by Gasteiger charge is 2.13. The molecule has 0 nitrogen and oxygen atoms in total. The van der Waals surface area contributed by atoms with Crippen LogP contribution in [0.5, 0.6) is 0 Å². The molecule has 2 fully saturated rings. The Kier molecular flexibility index (Phi) is 11.1. The molecule has 17 heavy (non-hydrogen) atoms. The Hall–Kier alpha value is 0. The molecule has 0 saturated heterocycles.